The number of H-pyrrole nitrogens is 1. The predicted octanol–water partition coefficient (Wildman–Crippen LogP) is 0.746. The van der Waals surface area contributed by atoms with Crippen LogP contribution in [-0.4, -0.2) is 28.5 Å². The van der Waals surface area contributed by atoms with Gasteiger partial charge in [-0.05, 0) is 35.1 Å². The van der Waals surface area contributed by atoms with E-state index in [1.807, 2.05) is 29.5 Å². The maximum atomic E-state index is 11.7. The zero-order valence-corrected chi connectivity index (χ0v) is 11.9. The first-order valence-corrected chi connectivity index (χ1v) is 6.45. The van der Waals surface area contributed by atoms with Gasteiger partial charge in [-0.3, -0.25) is 14.4 Å². The average Bonchev–Trinajstić information content (AvgIpc) is 2.30. The van der Waals surface area contributed by atoms with Crippen molar-refractivity contribution in [3.63, 3.8) is 0 Å². The molecular formula is C11H13IN2O4. The van der Waals surface area contributed by atoms with Crippen LogP contribution in [0.2, 0.25) is 0 Å². The Morgan fingerprint density at radius 1 is 1.50 bits per heavy atom. The van der Waals surface area contributed by atoms with Crippen molar-refractivity contribution in [1.29, 1.82) is 0 Å². The van der Waals surface area contributed by atoms with Gasteiger partial charge in [-0.25, -0.2) is 0 Å². The van der Waals surface area contributed by atoms with Crippen molar-refractivity contribution in [2.45, 2.75) is 19.8 Å². The van der Waals surface area contributed by atoms with Crippen LogP contribution >= 0.6 is 22.6 Å². The molecule has 3 N–H and O–H groups in total. The predicted molar refractivity (Wildman–Crippen MR) is 73.7 cm³/mol. The molecule has 18 heavy (non-hydrogen) atoms. The molecule has 0 atom stereocenters. The van der Waals surface area contributed by atoms with E-state index in [2.05, 4.69) is 10.3 Å². The molecule has 1 aromatic rings. The second-order valence-corrected chi connectivity index (χ2v) is 4.83. The Morgan fingerprint density at radius 3 is 2.72 bits per heavy atom. The minimum atomic E-state index is -1.16. The number of hydrogen-bond acceptors (Lipinski definition) is 3. The molecule has 0 aliphatic rings. The molecule has 0 spiro atoms. The lowest BCUT2D eigenvalue weighted by Crippen LogP contribution is -2.33. The summed E-state index contributed by atoms with van der Waals surface area (Å²) in [6, 6.07) is 1.47. The third kappa shape index (κ3) is 3.83. The minimum Gasteiger partial charge on any atom is -0.480 e. The largest absolute Gasteiger partial charge is 0.480 e. The Morgan fingerprint density at radius 2 is 2.17 bits per heavy atom. The van der Waals surface area contributed by atoms with Gasteiger partial charge in [-0.1, -0.05) is 13.3 Å². The number of carbonyl (C=O) groups excluding carboxylic acids is 1. The van der Waals surface area contributed by atoms with Gasteiger partial charge in [0.05, 0.1) is 0 Å². The van der Waals surface area contributed by atoms with Gasteiger partial charge in [0.2, 0.25) is 0 Å². The van der Waals surface area contributed by atoms with Crippen LogP contribution in [0.25, 0.3) is 0 Å². The lowest BCUT2D eigenvalue weighted by atomic mass is 10.2. The van der Waals surface area contributed by atoms with Crippen LogP contribution in [0.1, 0.15) is 29.4 Å². The number of rotatable bonds is 5. The summed E-state index contributed by atoms with van der Waals surface area (Å²) >= 11 is 2.03. The summed E-state index contributed by atoms with van der Waals surface area (Å²) in [4.78, 5) is 36.2. The number of carboxylic acid groups (broad SMARTS) is 1. The zero-order chi connectivity index (χ0) is 13.7. The molecule has 0 bridgehead atoms. The second-order valence-electron chi connectivity index (χ2n) is 3.67. The standard InChI is InChI=1S/C11H13IN2O4/c1-2-3-8-7(12)4-6(11(18)14-8)10(17)13-5-9(15)16/h4H,2-3,5H2,1H3,(H,13,17)(H,14,18)(H,15,16). The fourth-order valence-electron chi connectivity index (χ4n) is 1.40. The van der Waals surface area contributed by atoms with E-state index in [0.29, 0.717) is 0 Å². The van der Waals surface area contributed by atoms with Gasteiger partial charge < -0.3 is 15.4 Å². The fraction of sp³-hybridized carbons (Fsp3) is 0.364. The number of aryl methyl sites for hydroxylation is 1. The highest BCUT2D eigenvalue weighted by atomic mass is 127. The number of pyridine rings is 1. The summed E-state index contributed by atoms with van der Waals surface area (Å²) in [5.41, 5.74) is 0.222. The van der Waals surface area contributed by atoms with Crippen LogP contribution in [0.5, 0.6) is 0 Å². The summed E-state index contributed by atoms with van der Waals surface area (Å²) in [6.07, 6.45) is 1.61. The van der Waals surface area contributed by atoms with E-state index < -0.39 is 24.0 Å². The molecule has 1 aromatic heterocycles. The van der Waals surface area contributed by atoms with Crippen LogP contribution in [0.4, 0.5) is 0 Å². The first-order chi connectivity index (χ1) is 8.45. The maximum Gasteiger partial charge on any atom is 0.322 e. The topological polar surface area (TPSA) is 99.3 Å². The molecule has 1 rings (SSSR count). The molecule has 7 heteroatoms. The van der Waals surface area contributed by atoms with Crippen LogP contribution in [-0.2, 0) is 11.2 Å². The molecule has 1 heterocycles. The summed E-state index contributed by atoms with van der Waals surface area (Å²) < 4.78 is 0.787. The monoisotopic (exact) mass is 364 g/mol. The van der Waals surface area contributed by atoms with E-state index in [0.717, 1.165) is 22.1 Å². The highest BCUT2D eigenvalue weighted by Crippen LogP contribution is 2.11. The highest BCUT2D eigenvalue weighted by Gasteiger charge is 2.14. The summed E-state index contributed by atoms with van der Waals surface area (Å²) in [6.45, 7) is 1.48. The number of aromatic amines is 1. The first kappa shape index (κ1) is 14.7. The highest BCUT2D eigenvalue weighted by molar-refractivity contribution is 14.1. The first-order valence-electron chi connectivity index (χ1n) is 5.37. The van der Waals surface area contributed by atoms with Crippen LogP contribution in [0.3, 0.4) is 0 Å². The quantitative estimate of drug-likeness (QED) is 0.672. The van der Waals surface area contributed by atoms with Gasteiger partial charge in [-0.15, -0.1) is 0 Å². The molecule has 0 saturated heterocycles. The summed E-state index contributed by atoms with van der Waals surface area (Å²) in [5.74, 6) is -1.84. The molecule has 98 valence electrons. The van der Waals surface area contributed by atoms with Crippen molar-refractivity contribution in [2.24, 2.45) is 0 Å². The molecule has 0 unspecified atom stereocenters. The van der Waals surface area contributed by atoms with E-state index in [-0.39, 0.29) is 5.56 Å². The van der Waals surface area contributed by atoms with E-state index >= 15 is 0 Å². The smallest absolute Gasteiger partial charge is 0.322 e. The van der Waals surface area contributed by atoms with Gasteiger partial charge in [0.1, 0.15) is 12.1 Å². The summed E-state index contributed by atoms with van der Waals surface area (Å²) in [7, 11) is 0. The van der Waals surface area contributed by atoms with E-state index in [1.54, 1.807) is 0 Å². The third-order valence-electron chi connectivity index (χ3n) is 2.21. The Kier molecular flexibility index (Phi) is 5.32. The molecule has 0 fully saturated rings. The van der Waals surface area contributed by atoms with E-state index in [9.17, 15) is 14.4 Å². The number of aliphatic carboxylic acids is 1. The zero-order valence-electron chi connectivity index (χ0n) is 9.75. The van der Waals surface area contributed by atoms with Crippen molar-refractivity contribution >= 4 is 34.5 Å². The number of amides is 1. The van der Waals surface area contributed by atoms with Gasteiger partial charge in [0.25, 0.3) is 11.5 Å². The Labute approximate surface area is 117 Å². The Balaban J connectivity index is 2.97. The van der Waals surface area contributed by atoms with Gasteiger partial charge in [0.15, 0.2) is 0 Å². The van der Waals surface area contributed by atoms with Crippen LogP contribution < -0.4 is 10.9 Å². The molecular weight excluding hydrogens is 351 g/mol. The van der Waals surface area contributed by atoms with Gasteiger partial charge in [0, 0.05) is 9.26 Å². The Bertz CT molecular complexity index is 524. The molecule has 0 aliphatic carbocycles. The third-order valence-corrected chi connectivity index (χ3v) is 3.18. The number of carboxylic acids is 1. The van der Waals surface area contributed by atoms with Gasteiger partial charge >= 0.3 is 5.97 Å². The number of hydrogen-bond donors (Lipinski definition) is 3. The fourth-order valence-corrected chi connectivity index (χ4v) is 2.11. The summed E-state index contributed by atoms with van der Waals surface area (Å²) in [5, 5.41) is 10.6. The number of aromatic nitrogens is 1. The molecule has 6 nitrogen and oxygen atoms in total. The minimum absolute atomic E-state index is 0.0690. The average molecular weight is 364 g/mol. The van der Waals surface area contributed by atoms with Crippen molar-refractivity contribution in [3.8, 4) is 0 Å². The molecule has 0 radical (unpaired) electrons. The van der Waals surface area contributed by atoms with Crippen molar-refractivity contribution < 1.29 is 14.7 Å². The maximum absolute atomic E-state index is 11.7. The molecule has 0 aromatic carbocycles. The Hall–Kier alpha value is -1.38. The van der Waals surface area contributed by atoms with Crippen LogP contribution in [0, 0.1) is 3.57 Å². The van der Waals surface area contributed by atoms with Crippen molar-refractivity contribution in [3.05, 3.63) is 31.2 Å². The van der Waals surface area contributed by atoms with E-state index in [1.165, 1.54) is 6.07 Å². The normalized spacial score (nSPS) is 10.1. The van der Waals surface area contributed by atoms with E-state index in [4.69, 9.17) is 5.11 Å². The number of nitrogens with one attached hydrogen (secondary N) is 2. The lowest BCUT2D eigenvalue weighted by molar-refractivity contribution is -0.135. The van der Waals surface area contributed by atoms with Crippen molar-refractivity contribution in [2.75, 3.05) is 6.54 Å². The van der Waals surface area contributed by atoms with Crippen LogP contribution in [0.15, 0.2) is 10.9 Å². The molecule has 0 saturated carbocycles. The number of halogens is 1. The lowest BCUT2D eigenvalue weighted by Gasteiger charge is -2.06. The number of carbonyl (C=O) groups is 2. The van der Waals surface area contributed by atoms with Gasteiger partial charge in [-0.2, -0.15) is 0 Å². The molecule has 1 amide bonds. The second kappa shape index (κ2) is 6.53. The SMILES string of the molecule is CCCc1[nH]c(=O)c(C(=O)NCC(=O)O)cc1I. The van der Waals surface area contributed by atoms with Crippen molar-refractivity contribution in [1.82, 2.24) is 10.3 Å². The molecule has 0 aliphatic heterocycles.